The summed E-state index contributed by atoms with van der Waals surface area (Å²) in [5.41, 5.74) is 11.9. The molecule has 20 heavy (non-hydrogen) atoms. The third-order valence-corrected chi connectivity index (χ3v) is 3.54. The molecule has 0 aromatic heterocycles. The van der Waals surface area contributed by atoms with Crippen LogP contribution in [0.15, 0.2) is 29.3 Å². The quantitative estimate of drug-likeness (QED) is 0.449. The largest absolute Gasteiger partial charge is 0.379 e. The molecule has 1 aromatic rings. The molecule has 1 fully saturated rings. The van der Waals surface area contributed by atoms with Crippen molar-refractivity contribution in [2.45, 2.75) is 6.04 Å². The van der Waals surface area contributed by atoms with Gasteiger partial charge in [0, 0.05) is 18.1 Å². The molecule has 7 heteroatoms. The van der Waals surface area contributed by atoms with Crippen LogP contribution in [0.3, 0.4) is 0 Å². The number of aliphatic imine (C=N–C) groups is 1. The minimum atomic E-state index is 0. The van der Waals surface area contributed by atoms with Gasteiger partial charge in [0.2, 0.25) is 0 Å². The highest BCUT2D eigenvalue weighted by atomic mass is 127. The Hall–Kier alpha value is -0.570. The van der Waals surface area contributed by atoms with Crippen LogP contribution < -0.4 is 11.5 Å². The van der Waals surface area contributed by atoms with Crippen molar-refractivity contribution in [3.05, 3.63) is 34.9 Å². The minimum Gasteiger partial charge on any atom is -0.379 e. The number of rotatable bonds is 4. The zero-order chi connectivity index (χ0) is 13.7. The Morgan fingerprint density at radius 1 is 1.30 bits per heavy atom. The van der Waals surface area contributed by atoms with Crippen LogP contribution >= 0.6 is 35.6 Å². The molecule has 0 spiro atoms. The summed E-state index contributed by atoms with van der Waals surface area (Å²) in [6, 6.07) is 7.89. The lowest BCUT2D eigenvalue weighted by Crippen LogP contribution is -2.40. The Bertz CT molecular complexity index is 448. The Kier molecular flexibility index (Phi) is 7.57. The Labute approximate surface area is 141 Å². The first-order valence-corrected chi connectivity index (χ1v) is 6.68. The van der Waals surface area contributed by atoms with Crippen LogP contribution in [0.1, 0.15) is 11.6 Å². The first-order chi connectivity index (χ1) is 9.18. The number of ether oxygens (including phenoxy) is 1. The maximum atomic E-state index is 6.28. The first-order valence-electron chi connectivity index (χ1n) is 6.30. The topological polar surface area (TPSA) is 76.9 Å². The molecule has 5 nitrogen and oxygen atoms in total. The summed E-state index contributed by atoms with van der Waals surface area (Å²) in [4.78, 5) is 6.45. The number of hydrogen-bond donors (Lipinski definition) is 2. The molecule has 1 unspecified atom stereocenters. The van der Waals surface area contributed by atoms with E-state index in [1.807, 2.05) is 24.3 Å². The van der Waals surface area contributed by atoms with E-state index in [0.29, 0.717) is 6.54 Å². The van der Waals surface area contributed by atoms with Crippen LogP contribution in [0.4, 0.5) is 0 Å². The fraction of sp³-hybridized carbons (Fsp3) is 0.462. The number of guanidine groups is 1. The second kappa shape index (κ2) is 8.66. The van der Waals surface area contributed by atoms with Crippen molar-refractivity contribution in [1.29, 1.82) is 0 Å². The van der Waals surface area contributed by atoms with Crippen molar-refractivity contribution in [2.75, 3.05) is 32.8 Å². The van der Waals surface area contributed by atoms with Gasteiger partial charge in [-0.15, -0.1) is 24.0 Å². The van der Waals surface area contributed by atoms with E-state index in [-0.39, 0.29) is 36.0 Å². The molecule has 1 aromatic carbocycles. The van der Waals surface area contributed by atoms with Gasteiger partial charge in [-0.05, 0) is 11.6 Å². The predicted molar refractivity (Wildman–Crippen MR) is 92.7 cm³/mol. The van der Waals surface area contributed by atoms with Gasteiger partial charge in [0.25, 0.3) is 0 Å². The normalized spacial score (nSPS) is 17.1. The van der Waals surface area contributed by atoms with Crippen LogP contribution in [-0.2, 0) is 4.74 Å². The molecule has 4 N–H and O–H groups in total. The van der Waals surface area contributed by atoms with E-state index in [1.165, 1.54) is 0 Å². The third kappa shape index (κ3) is 4.76. The molecular weight excluding hydrogens is 391 g/mol. The van der Waals surface area contributed by atoms with Gasteiger partial charge in [-0.25, -0.2) is 0 Å². The van der Waals surface area contributed by atoms with Crippen LogP contribution in [0, 0.1) is 0 Å². The summed E-state index contributed by atoms with van der Waals surface area (Å²) in [7, 11) is 0. The van der Waals surface area contributed by atoms with E-state index in [2.05, 4.69) is 9.89 Å². The van der Waals surface area contributed by atoms with Crippen molar-refractivity contribution < 1.29 is 4.74 Å². The monoisotopic (exact) mass is 410 g/mol. The van der Waals surface area contributed by atoms with Crippen molar-refractivity contribution >= 4 is 41.5 Å². The van der Waals surface area contributed by atoms with Crippen molar-refractivity contribution in [2.24, 2.45) is 16.5 Å². The molecule has 1 aliphatic rings. The number of nitrogens with two attached hydrogens (primary N) is 2. The molecule has 0 saturated carbocycles. The number of benzene rings is 1. The number of hydrogen-bond acceptors (Lipinski definition) is 3. The van der Waals surface area contributed by atoms with Crippen molar-refractivity contribution in [1.82, 2.24) is 4.90 Å². The van der Waals surface area contributed by atoms with Crippen molar-refractivity contribution in [3.63, 3.8) is 0 Å². The maximum Gasteiger partial charge on any atom is 0.185 e. The van der Waals surface area contributed by atoms with E-state index >= 15 is 0 Å². The molecule has 2 rings (SSSR count). The number of nitrogens with zero attached hydrogens (tertiary/aromatic N) is 2. The average molecular weight is 411 g/mol. The lowest BCUT2D eigenvalue weighted by molar-refractivity contribution is 0.0180. The number of halogens is 2. The molecule has 1 heterocycles. The van der Waals surface area contributed by atoms with Gasteiger partial charge >= 0.3 is 0 Å². The second-order valence-corrected chi connectivity index (χ2v) is 4.86. The van der Waals surface area contributed by atoms with E-state index in [1.54, 1.807) is 0 Å². The molecule has 0 radical (unpaired) electrons. The van der Waals surface area contributed by atoms with Gasteiger partial charge in [0.1, 0.15) is 0 Å². The number of morpholine rings is 1. The Balaban J connectivity index is 0.00000200. The predicted octanol–water partition coefficient (Wildman–Crippen LogP) is 1.60. The van der Waals surface area contributed by atoms with Crippen LogP contribution in [0.5, 0.6) is 0 Å². The van der Waals surface area contributed by atoms with Gasteiger partial charge in [-0.3, -0.25) is 9.89 Å². The van der Waals surface area contributed by atoms with E-state index < -0.39 is 0 Å². The zero-order valence-corrected chi connectivity index (χ0v) is 14.3. The molecule has 0 bridgehead atoms. The summed E-state index contributed by atoms with van der Waals surface area (Å²) >= 11 is 6.28. The minimum absolute atomic E-state index is 0. The zero-order valence-electron chi connectivity index (χ0n) is 11.2. The molecule has 1 saturated heterocycles. The lowest BCUT2D eigenvalue weighted by atomic mass is 10.0. The summed E-state index contributed by atoms with van der Waals surface area (Å²) in [6.07, 6.45) is 0. The summed E-state index contributed by atoms with van der Waals surface area (Å²) in [5.74, 6) is 0.102. The fourth-order valence-corrected chi connectivity index (χ4v) is 2.50. The molecule has 0 aliphatic carbocycles. The van der Waals surface area contributed by atoms with Gasteiger partial charge in [-0.2, -0.15) is 0 Å². The highest BCUT2D eigenvalue weighted by molar-refractivity contribution is 14.0. The fourth-order valence-electron chi connectivity index (χ4n) is 2.24. The molecule has 0 amide bonds. The van der Waals surface area contributed by atoms with E-state index in [9.17, 15) is 0 Å². The summed E-state index contributed by atoms with van der Waals surface area (Å²) in [6.45, 7) is 3.67. The SMILES string of the molecule is I.NC(N)=NCC(c1ccccc1Cl)N1CCOCC1. The highest BCUT2D eigenvalue weighted by Gasteiger charge is 2.23. The van der Waals surface area contributed by atoms with Crippen LogP contribution in [0.25, 0.3) is 0 Å². The van der Waals surface area contributed by atoms with E-state index in [4.69, 9.17) is 27.8 Å². The maximum absolute atomic E-state index is 6.28. The average Bonchev–Trinajstić information content (AvgIpc) is 2.42. The van der Waals surface area contributed by atoms with E-state index in [0.717, 1.165) is 36.9 Å². The molecular formula is C13H20ClIN4O. The third-order valence-electron chi connectivity index (χ3n) is 3.20. The Morgan fingerprint density at radius 2 is 1.95 bits per heavy atom. The van der Waals surface area contributed by atoms with Gasteiger partial charge in [0.15, 0.2) is 5.96 Å². The van der Waals surface area contributed by atoms with Gasteiger partial charge in [0.05, 0.1) is 25.8 Å². The summed E-state index contributed by atoms with van der Waals surface area (Å²) < 4.78 is 5.38. The standard InChI is InChI=1S/C13H19ClN4O.HI/c14-11-4-2-1-3-10(11)12(9-17-13(15)16)18-5-7-19-8-6-18;/h1-4,12H,5-9H2,(H4,15,16,17);1H. The second-order valence-electron chi connectivity index (χ2n) is 4.45. The first kappa shape index (κ1) is 17.5. The molecule has 1 aliphatic heterocycles. The Morgan fingerprint density at radius 3 is 2.55 bits per heavy atom. The van der Waals surface area contributed by atoms with Crippen LogP contribution in [-0.4, -0.2) is 43.7 Å². The van der Waals surface area contributed by atoms with Gasteiger partial charge in [-0.1, -0.05) is 29.8 Å². The molecule has 1 atom stereocenters. The smallest absolute Gasteiger partial charge is 0.185 e. The lowest BCUT2D eigenvalue weighted by Gasteiger charge is -2.34. The summed E-state index contributed by atoms with van der Waals surface area (Å²) in [5, 5.41) is 0.741. The van der Waals surface area contributed by atoms with Crippen LogP contribution in [0.2, 0.25) is 5.02 Å². The highest BCUT2D eigenvalue weighted by Crippen LogP contribution is 2.28. The van der Waals surface area contributed by atoms with Crippen molar-refractivity contribution in [3.8, 4) is 0 Å². The van der Waals surface area contributed by atoms with Gasteiger partial charge < -0.3 is 16.2 Å². The molecule has 112 valence electrons.